The molecule has 0 aromatic heterocycles. The van der Waals surface area contributed by atoms with E-state index in [0.29, 0.717) is 0 Å². The van der Waals surface area contributed by atoms with Crippen LogP contribution >= 0.6 is 0 Å². The Bertz CT molecular complexity index is 1400. The number of rotatable bonds is 19. The Morgan fingerprint density at radius 1 is 0.422 bits per heavy atom. The Hall–Kier alpha value is -4.66. The molecular formula is C45H52. The summed E-state index contributed by atoms with van der Waals surface area (Å²) in [6, 6.07) is 0. The van der Waals surface area contributed by atoms with Crippen LogP contribution in [0, 0.1) is 125 Å². The van der Waals surface area contributed by atoms with E-state index >= 15 is 0 Å². The van der Waals surface area contributed by atoms with Crippen LogP contribution in [0.25, 0.3) is 0 Å². The largest absolute Gasteiger partial charge is 0.106 e. The molecule has 0 atom stereocenters. The smallest absolute Gasteiger partial charge is 0 e. The fraction of sp³-hybridized carbons (Fsp3) is 0.511. The SMILES string of the molecule is C#CC#CC#CC#CC#CC#CC#CC#CC#CC#CC.CCCCCCCC/C=C/CCCCCCCCCCCC(C)C. The molecule has 0 aromatic carbocycles. The normalized spacial score (nSPS) is 8.09. The van der Waals surface area contributed by atoms with Crippen LogP contribution in [0.2, 0.25) is 0 Å². The number of terminal acetylenes is 1. The van der Waals surface area contributed by atoms with Gasteiger partial charge in [-0.25, -0.2) is 0 Å². The molecule has 232 valence electrons. The van der Waals surface area contributed by atoms with Gasteiger partial charge in [0.15, 0.2) is 0 Å². The lowest BCUT2D eigenvalue weighted by Crippen LogP contribution is -1.87. The molecule has 0 amide bonds. The Kier molecular flexibility index (Phi) is 39.1. The van der Waals surface area contributed by atoms with Gasteiger partial charge < -0.3 is 0 Å². The minimum atomic E-state index is 0.893. The van der Waals surface area contributed by atoms with Crippen LogP contribution < -0.4 is 0 Å². The number of allylic oxidation sites excluding steroid dienone is 2. The summed E-state index contributed by atoms with van der Waals surface area (Å²) in [4.78, 5) is 0. The van der Waals surface area contributed by atoms with Crippen LogP contribution in [-0.2, 0) is 0 Å². The molecule has 0 heterocycles. The van der Waals surface area contributed by atoms with Crippen molar-refractivity contribution >= 4 is 0 Å². The average Bonchev–Trinajstić information content (AvgIpc) is 3.04. The summed E-state index contributed by atoms with van der Waals surface area (Å²) in [6.07, 6.45) is 35.4. The summed E-state index contributed by atoms with van der Waals surface area (Å²) >= 11 is 0. The standard InChI is InChI=1S/C24H48.C21H4/c1-4-5-6-7-8-9-10-11-12-13-14-15-16-17-18-19-20-21-22-23-24(2)3;1-3-5-7-9-11-13-15-17-19-21-20-18-16-14-12-10-8-6-4-2/h11-12,24H,4-10,13-23H2,1-3H3;1H,2H3/b12-11+;. The van der Waals surface area contributed by atoms with E-state index in [-0.39, 0.29) is 0 Å². The van der Waals surface area contributed by atoms with Gasteiger partial charge >= 0.3 is 0 Å². The van der Waals surface area contributed by atoms with Crippen molar-refractivity contribution in [1.82, 2.24) is 0 Å². The van der Waals surface area contributed by atoms with E-state index in [4.69, 9.17) is 6.42 Å². The monoisotopic (exact) mass is 592 g/mol. The zero-order chi connectivity index (χ0) is 33.2. The topological polar surface area (TPSA) is 0 Å². The van der Waals surface area contributed by atoms with Gasteiger partial charge in [-0.15, -0.1) is 6.42 Å². The van der Waals surface area contributed by atoms with Gasteiger partial charge in [-0.1, -0.05) is 129 Å². The van der Waals surface area contributed by atoms with Crippen molar-refractivity contribution in [1.29, 1.82) is 0 Å². The molecule has 0 saturated heterocycles. The van der Waals surface area contributed by atoms with Gasteiger partial charge in [0.05, 0.1) is 0 Å². The first-order chi connectivity index (χ1) is 22.2. The zero-order valence-corrected chi connectivity index (χ0v) is 28.5. The first-order valence-corrected chi connectivity index (χ1v) is 16.7. The molecule has 0 aliphatic carbocycles. The molecule has 0 bridgehead atoms. The first kappa shape index (κ1) is 42.5. The maximum Gasteiger partial charge on any atom is 0 e. The van der Waals surface area contributed by atoms with Gasteiger partial charge in [-0.3, -0.25) is 0 Å². The molecule has 0 spiro atoms. The van der Waals surface area contributed by atoms with Crippen LogP contribution in [0.4, 0.5) is 0 Å². The maximum atomic E-state index is 4.90. The summed E-state index contributed by atoms with van der Waals surface area (Å²) in [5.74, 6) is 47.8. The van der Waals surface area contributed by atoms with Crippen LogP contribution in [0.1, 0.15) is 143 Å². The number of unbranched alkanes of at least 4 members (excludes halogenated alkanes) is 15. The van der Waals surface area contributed by atoms with Crippen molar-refractivity contribution in [3.8, 4) is 119 Å². The summed E-state index contributed by atoms with van der Waals surface area (Å²) in [5.41, 5.74) is 0. The Morgan fingerprint density at radius 3 is 1.07 bits per heavy atom. The van der Waals surface area contributed by atoms with Crippen molar-refractivity contribution in [3.63, 3.8) is 0 Å². The molecule has 0 unspecified atom stereocenters. The molecule has 0 radical (unpaired) electrons. The molecule has 45 heavy (non-hydrogen) atoms. The fourth-order valence-corrected chi connectivity index (χ4v) is 3.90. The predicted molar refractivity (Wildman–Crippen MR) is 197 cm³/mol. The third kappa shape index (κ3) is 46.5. The highest BCUT2D eigenvalue weighted by Gasteiger charge is 1.95. The third-order valence-electron chi connectivity index (χ3n) is 6.24. The van der Waals surface area contributed by atoms with Crippen LogP contribution in [0.5, 0.6) is 0 Å². The van der Waals surface area contributed by atoms with Crippen molar-refractivity contribution in [2.24, 2.45) is 5.92 Å². The quantitative estimate of drug-likeness (QED) is 0.0795. The molecular weight excluding hydrogens is 540 g/mol. The van der Waals surface area contributed by atoms with E-state index in [0.717, 1.165) is 5.92 Å². The van der Waals surface area contributed by atoms with E-state index in [9.17, 15) is 0 Å². The third-order valence-corrected chi connectivity index (χ3v) is 6.24. The van der Waals surface area contributed by atoms with Crippen molar-refractivity contribution in [2.75, 3.05) is 0 Å². The second kappa shape index (κ2) is 41.5. The highest BCUT2D eigenvalue weighted by molar-refractivity contribution is 5.46. The highest BCUT2D eigenvalue weighted by atomic mass is 14.0. The van der Waals surface area contributed by atoms with Gasteiger partial charge in [-0.05, 0) is 133 Å². The molecule has 0 heteroatoms. The van der Waals surface area contributed by atoms with Crippen molar-refractivity contribution in [3.05, 3.63) is 12.2 Å². The molecule has 0 fully saturated rings. The molecule has 0 saturated carbocycles. The second-order valence-corrected chi connectivity index (χ2v) is 10.7. The lowest BCUT2D eigenvalue weighted by Gasteiger charge is -2.04. The Labute approximate surface area is 279 Å². The summed E-state index contributed by atoms with van der Waals surface area (Å²) < 4.78 is 0. The van der Waals surface area contributed by atoms with Gasteiger partial charge in [0, 0.05) is 11.8 Å². The van der Waals surface area contributed by atoms with Crippen molar-refractivity contribution < 1.29 is 0 Å². The highest BCUT2D eigenvalue weighted by Crippen LogP contribution is 2.13. The first-order valence-electron chi connectivity index (χ1n) is 16.7. The van der Waals surface area contributed by atoms with Crippen LogP contribution in [-0.4, -0.2) is 0 Å². The lowest BCUT2D eigenvalue weighted by atomic mass is 10.0. The van der Waals surface area contributed by atoms with E-state index < -0.39 is 0 Å². The van der Waals surface area contributed by atoms with E-state index in [1.807, 2.05) is 0 Å². The zero-order valence-electron chi connectivity index (χ0n) is 28.5. The van der Waals surface area contributed by atoms with Crippen molar-refractivity contribution in [2.45, 2.75) is 143 Å². The predicted octanol–water partition coefficient (Wildman–Crippen LogP) is 9.91. The van der Waals surface area contributed by atoms with E-state index in [1.165, 1.54) is 116 Å². The van der Waals surface area contributed by atoms with E-state index in [2.05, 4.69) is 145 Å². The number of hydrogen-bond acceptors (Lipinski definition) is 0. The molecule has 0 aliphatic heterocycles. The lowest BCUT2D eigenvalue weighted by molar-refractivity contribution is 0.506. The van der Waals surface area contributed by atoms with Gasteiger partial charge in [0.1, 0.15) is 0 Å². The minimum Gasteiger partial charge on any atom is -0.106 e. The van der Waals surface area contributed by atoms with E-state index in [1.54, 1.807) is 6.92 Å². The molecule has 0 rings (SSSR count). The second-order valence-electron chi connectivity index (χ2n) is 10.7. The molecule has 0 N–H and O–H groups in total. The Morgan fingerprint density at radius 2 is 0.733 bits per heavy atom. The van der Waals surface area contributed by atoms with Gasteiger partial charge in [0.2, 0.25) is 0 Å². The summed E-state index contributed by atoms with van der Waals surface area (Å²) in [7, 11) is 0. The average molecular weight is 593 g/mol. The maximum absolute atomic E-state index is 4.90. The van der Waals surface area contributed by atoms with Gasteiger partial charge in [-0.2, -0.15) is 0 Å². The number of hydrogen-bond donors (Lipinski definition) is 0. The molecule has 0 aliphatic rings. The minimum absolute atomic E-state index is 0.893. The molecule has 0 aromatic rings. The molecule has 0 nitrogen and oxygen atoms in total. The fourth-order valence-electron chi connectivity index (χ4n) is 3.90. The van der Waals surface area contributed by atoms with Crippen LogP contribution in [0.3, 0.4) is 0 Å². The van der Waals surface area contributed by atoms with Crippen LogP contribution in [0.15, 0.2) is 12.2 Å². The Balaban J connectivity index is 0. The van der Waals surface area contributed by atoms with Gasteiger partial charge in [0.25, 0.3) is 0 Å². The summed E-state index contributed by atoms with van der Waals surface area (Å²) in [5, 5.41) is 0. The summed E-state index contributed by atoms with van der Waals surface area (Å²) in [6.45, 7) is 8.66.